The van der Waals surface area contributed by atoms with Gasteiger partial charge in [0.05, 0.1) is 0 Å². The van der Waals surface area contributed by atoms with E-state index in [4.69, 9.17) is 0 Å². The molecule has 0 unspecified atom stereocenters. The van der Waals surface area contributed by atoms with E-state index in [0.29, 0.717) is 5.75 Å². The van der Waals surface area contributed by atoms with Crippen molar-refractivity contribution in [1.82, 2.24) is 0 Å². The second kappa shape index (κ2) is 5.58. The number of benzene rings is 2. The standard InChI is InChI=1S/C16H19NO/c1-3-12-17(14-6-4-13(2)5-7-14)15-8-10-16(18)11-9-15/h4-11,18H,3,12H2,1-2H3. The smallest absolute Gasteiger partial charge is 0.115 e. The van der Waals surface area contributed by atoms with E-state index in [2.05, 4.69) is 43.0 Å². The van der Waals surface area contributed by atoms with Crippen LogP contribution < -0.4 is 4.90 Å². The molecule has 0 saturated heterocycles. The van der Waals surface area contributed by atoms with Gasteiger partial charge >= 0.3 is 0 Å². The summed E-state index contributed by atoms with van der Waals surface area (Å²) < 4.78 is 0. The van der Waals surface area contributed by atoms with Crippen molar-refractivity contribution in [3.05, 3.63) is 54.1 Å². The average Bonchev–Trinajstić information content (AvgIpc) is 2.39. The van der Waals surface area contributed by atoms with Gasteiger partial charge in [0.25, 0.3) is 0 Å². The Labute approximate surface area is 109 Å². The average molecular weight is 241 g/mol. The van der Waals surface area contributed by atoms with Gasteiger partial charge in [0.15, 0.2) is 0 Å². The van der Waals surface area contributed by atoms with E-state index in [1.54, 1.807) is 12.1 Å². The number of hydrogen-bond donors (Lipinski definition) is 1. The Morgan fingerprint density at radius 1 is 0.889 bits per heavy atom. The molecule has 0 aliphatic rings. The van der Waals surface area contributed by atoms with Gasteiger partial charge in [-0.15, -0.1) is 0 Å². The molecular weight excluding hydrogens is 222 g/mol. The molecule has 2 aromatic rings. The topological polar surface area (TPSA) is 23.5 Å². The molecule has 0 heterocycles. The van der Waals surface area contributed by atoms with Crippen LogP contribution in [0.2, 0.25) is 0 Å². The maximum atomic E-state index is 9.36. The third-order valence-corrected chi connectivity index (χ3v) is 2.95. The summed E-state index contributed by atoms with van der Waals surface area (Å²) in [5, 5.41) is 9.36. The van der Waals surface area contributed by atoms with E-state index in [0.717, 1.165) is 18.7 Å². The summed E-state index contributed by atoms with van der Waals surface area (Å²) in [6, 6.07) is 15.9. The van der Waals surface area contributed by atoms with Gasteiger partial charge in [0.2, 0.25) is 0 Å². The van der Waals surface area contributed by atoms with Gasteiger partial charge in [0, 0.05) is 17.9 Å². The predicted molar refractivity (Wildman–Crippen MR) is 76.6 cm³/mol. The fraction of sp³-hybridized carbons (Fsp3) is 0.250. The van der Waals surface area contributed by atoms with Crippen LogP contribution in [0.3, 0.4) is 0 Å². The van der Waals surface area contributed by atoms with Gasteiger partial charge < -0.3 is 10.0 Å². The molecule has 0 aliphatic carbocycles. The van der Waals surface area contributed by atoms with Gasteiger partial charge in [-0.25, -0.2) is 0 Å². The van der Waals surface area contributed by atoms with E-state index in [-0.39, 0.29) is 0 Å². The maximum absolute atomic E-state index is 9.36. The second-order valence-corrected chi connectivity index (χ2v) is 4.50. The summed E-state index contributed by atoms with van der Waals surface area (Å²) in [5.74, 6) is 0.305. The zero-order valence-electron chi connectivity index (χ0n) is 10.9. The summed E-state index contributed by atoms with van der Waals surface area (Å²) in [4.78, 5) is 2.26. The lowest BCUT2D eigenvalue weighted by Crippen LogP contribution is -2.17. The van der Waals surface area contributed by atoms with Crippen molar-refractivity contribution in [3.63, 3.8) is 0 Å². The Morgan fingerprint density at radius 2 is 1.39 bits per heavy atom. The van der Waals surface area contributed by atoms with E-state index in [9.17, 15) is 5.11 Å². The first kappa shape index (κ1) is 12.5. The Morgan fingerprint density at radius 3 is 1.89 bits per heavy atom. The second-order valence-electron chi connectivity index (χ2n) is 4.50. The van der Waals surface area contributed by atoms with Crippen molar-refractivity contribution < 1.29 is 5.11 Å². The predicted octanol–water partition coefficient (Wildman–Crippen LogP) is 4.25. The number of nitrogens with zero attached hydrogens (tertiary/aromatic N) is 1. The van der Waals surface area contributed by atoms with Crippen molar-refractivity contribution in [3.8, 4) is 5.75 Å². The van der Waals surface area contributed by atoms with Crippen molar-refractivity contribution in [2.45, 2.75) is 20.3 Å². The number of hydrogen-bond acceptors (Lipinski definition) is 2. The third-order valence-electron chi connectivity index (χ3n) is 2.95. The number of aryl methyl sites for hydroxylation is 1. The lowest BCUT2D eigenvalue weighted by molar-refractivity contribution is 0.475. The fourth-order valence-electron chi connectivity index (χ4n) is 1.99. The molecule has 2 rings (SSSR count). The van der Waals surface area contributed by atoms with Crippen molar-refractivity contribution in [2.24, 2.45) is 0 Å². The number of phenols is 1. The number of anilines is 2. The van der Waals surface area contributed by atoms with Gasteiger partial charge in [-0.3, -0.25) is 0 Å². The van der Waals surface area contributed by atoms with Crippen LogP contribution in [0.5, 0.6) is 5.75 Å². The maximum Gasteiger partial charge on any atom is 0.115 e. The molecule has 2 nitrogen and oxygen atoms in total. The molecule has 0 fully saturated rings. The highest BCUT2D eigenvalue weighted by atomic mass is 16.3. The summed E-state index contributed by atoms with van der Waals surface area (Å²) >= 11 is 0. The van der Waals surface area contributed by atoms with Crippen LogP contribution in [0.15, 0.2) is 48.5 Å². The largest absolute Gasteiger partial charge is 0.508 e. The molecular formula is C16H19NO. The van der Waals surface area contributed by atoms with Gasteiger partial charge in [0.1, 0.15) is 5.75 Å². The highest BCUT2D eigenvalue weighted by Gasteiger charge is 2.07. The number of rotatable bonds is 4. The molecule has 0 spiro atoms. The van der Waals surface area contributed by atoms with Gasteiger partial charge in [-0.1, -0.05) is 24.6 Å². The lowest BCUT2D eigenvalue weighted by atomic mass is 10.2. The van der Waals surface area contributed by atoms with Crippen LogP contribution in [-0.4, -0.2) is 11.7 Å². The fourth-order valence-corrected chi connectivity index (χ4v) is 1.99. The molecule has 0 atom stereocenters. The molecule has 18 heavy (non-hydrogen) atoms. The van der Waals surface area contributed by atoms with Crippen molar-refractivity contribution >= 4 is 11.4 Å². The third kappa shape index (κ3) is 2.83. The van der Waals surface area contributed by atoms with Crippen LogP contribution >= 0.6 is 0 Å². The van der Waals surface area contributed by atoms with Crippen molar-refractivity contribution in [2.75, 3.05) is 11.4 Å². The van der Waals surface area contributed by atoms with E-state index >= 15 is 0 Å². The first-order valence-electron chi connectivity index (χ1n) is 6.34. The van der Waals surface area contributed by atoms with Crippen LogP contribution in [0.25, 0.3) is 0 Å². The minimum atomic E-state index is 0.305. The van der Waals surface area contributed by atoms with Crippen LogP contribution in [0.4, 0.5) is 11.4 Å². The molecule has 2 heteroatoms. The highest BCUT2D eigenvalue weighted by molar-refractivity contribution is 5.63. The minimum Gasteiger partial charge on any atom is -0.508 e. The molecule has 0 amide bonds. The molecule has 1 N–H and O–H groups in total. The molecule has 0 saturated carbocycles. The number of phenolic OH excluding ortho intramolecular Hbond substituents is 1. The van der Waals surface area contributed by atoms with Gasteiger partial charge in [-0.05, 0) is 49.7 Å². The first-order valence-corrected chi connectivity index (χ1v) is 6.34. The Kier molecular flexibility index (Phi) is 3.88. The Hall–Kier alpha value is -1.96. The molecule has 0 bridgehead atoms. The van der Waals surface area contributed by atoms with E-state index in [1.807, 2.05) is 12.1 Å². The summed E-state index contributed by atoms with van der Waals surface area (Å²) in [6.07, 6.45) is 1.08. The Bertz CT molecular complexity index is 442. The van der Waals surface area contributed by atoms with Gasteiger partial charge in [-0.2, -0.15) is 0 Å². The molecule has 0 aromatic heterocycles. The molecule has 0 aliphatic heterocycles. The summed E-state index contributed by atoms with van der Waals surface area (Å²) in [5.41, 5.74) is 3.56. The molecule has 2 aromatic carbocycles. The van der Waals surface area contributed by atoms with Crippen molar-refractivity contribution in [1.29, 1.82) is 0 Å². The summed E-state index contributed by atoms with van der Waals surface area (Å²) in [7, 11) is 0. The Balaban J connectivity index is 2.33. The highest BCUT2D eigenvalue weighted by Crippen LogP contribution is 2.27. The zero-order chi connectivity index (χ0) is 13.0. The van der Waals surface area contributed by atoms with Crippen LogP contribution in [-0.2, 0) is 0 Å². The zero-order valence-corrected chi connectivity index (χ0v) is 10.9. The van der Waals surface area contributed by atoms with E-state index in [1.165, 1.54) is 11.3 Å². The quantitative estimate of drug-likeness (QED) is 0.865. The van der Waals surface area contributed by atoms with Crippen LogP contribution in [0, 0.1) is 6.92 Å². The first-order chi connectivity index (χ1) is 8.70. The summed E-state index contributed by atoms with van der Waals surface area (Å²) in [6.45, 7) is 5.23. The monoisotopic (exact) mass is 241 g/mol. The molecule has 94 valence electrons. The SMILES string of the molecule is CCCN(c1ccc(C)cc1)c1ccc(O)cc1. The normalized spacial score (nSPS) is 10.3. The minimum absolute atomic E-state index is 0.305. The molecule has 0 radical (unpaired) electrons. The van der Waals surface area contributed by atoms with E-state index < -0.39 is 0 Å². The lowest BCUT2D eigenvalue weighted by Gasteiger charge is -2.24. The van der Waals surface area contributed by atoms with Crippen LogP contribution in [0.1, 0.15) is 18.9 Å². The number of aromatic hydroxyl groups is 1.